The first-order valence-electron chi connectivity index (χ1n) is 8.05. The molecular weight excluding hydrogens is 332 g/mol. The lowest BCUT2D eigenvalue weighted by Gasteiger charge is -2.15. The molecule has 0 fully saturated rings. The van der Waals surface area contributed by atoms with Gasteiger partial charge in [-0.15, -0.1) is 11.3 Å². The molecule has 128 valence electrons. The van der Waals surface area contributed by atoms with Gasteiger partial charge in [0.25, 0.3) is 5.91 Å². The van der Waals surface area contributed by atoms with Crippen LogP contribution in [0, 0.1) is 6.92 Å². The summed E-state index contributed by atoms with van der Waals surface area (Å²) in [7, 11) is 1.79. The average Bonchev–Trinajstić information content (AvgIpc) is 3.09. The van der Waals surface area contributed by atoms with E-state index in [1.807, 2.05) is 61.5 Å². The van der Waals surface area contributed by atoms with E-state index in [1.54, 1.807) is 17.3 Å². The van der Waals surface area contributed by atoms with Gasteiger partial charge in [-0.05, 0) is 30.2 Å². The number of hydrogen-bond acceptors (Lipinski definition) is 4. The first-order chi connectivity index (χ1) is 12.1. The topological polar surface area (TPSA) is 42.4 Å². The van der Waals surface area contributed by atoms with Crippen LogP contribution in [0.5, 0.6) is 5.75 Å². The molecule has 0 saturated carbocycles. The van der Waals surface area contributed by atoms with E-state index in [2.05, 4.69) is 4.98 Å². The molecule has 0 radical (unpaired) electrons. The molecule has 0 saturated heterocycles. The van der Waals surface area contributed by atoms with Gasteiger partial charge in [0.15, 0.2) is 0 Å². The maximum atomic E-state index is 12.5. The summed E-state index contributed by atoms with van der Waals surface area (Å²) >= 11 is 1.44. The monoisotopic (exact) mass is 352 g/mol. The third-order valence-electron chi connectivity index (χ3n) is 3.73. The third-order valence-corrected chi connectivity index (χ3v) is 4.55. The Bertz CT molecular complexity index is 846. The summed E-state index contributed by atoms with van der Waals surface area (Å²) in [6.07, 6.45) is 0. The predicted molar refractivity (Wildman–Crippen MR) is 99.9 cm³/mol. The molecule has 0 aliphatic rings. The number of carbonyl (C=O) groups is 1. The maximum Gasteiger partial charge on any atom is 0.273 e. The lowest BCUT2D eigenvalue weighted by molar-refractivity contribution is 0.0779. The fraction of sp³-hybridized carbons (Fsp3) is 0.200. The molecule has 2 aromatic carbocycles. The van der Waals surface area contributed by atoms with Crippen molar-refractivity contribution in [3.8, 4) is 5.75 Å². The molecule has 0 N–H and O–H groups in total. The fourth-order valence-corrected chi connectivity index (χ4v) is 3.13. The molecule has 0 unspecified atom stereocenters. The van der Waals surface area contributed by atoms with Crippen molar-refractivity contribution in [2.45, 2.75) is 20.1 Å². The molecule has 5 heteroatoms. The van der Waals surface area contributed by atoms with Crippen LogP contribution < -0.4 is 4.74 Å². The molecule has 0 aliphatic heterocycles. The molecule has 3 aromatic rings. The van der Waals surface area contributed by atoms with Gasteiger partial charge in [-0.3, -0.25) is 4.79 Å². The zero-order valence-corrected chi connectivity index (χ0v) is 15.1. The summed E-state index contributed by atoms with van der Waals surface area (Å²) in [5.74, 6) is 0.728. The second kappa shape index (κ2) is 7.94. The lowest BCUT2D eigenvalue weighted by atomic mass is 10.2. The zero-order chi connectivity index (χ0) is 17.6. The van der Waals surface area contributed by atoms with Crippen LogP contribution in [0.3, 0.4) is 0 Å². The van der Waals surface area contributed by atoms with Crippen LogP contribution in [0.25, 0.3) is 0 Å². The van der Waals surface area contributed by atoms with Crippen LogP contribution in [-0.4, -0.2) is 22.8 Å². The number of thiazole rings is 1. The van der Waals surface area contributed by atoms with Gasteiger partial charge in [0.1, 0.15) is 23.1 Å². The molecule has 4 nitrogen and oxygen atoms in total. The molecule has 0 bridgehead atoms. The molecule has 0 atom stereocenters. The number of amides is 1. The Morgan fingerprint density at radius 3 is 2.72 bits per heavy atom. The van der Waals surface area contributed by atoms with Crippen molar-refractivity contribution >= 4 is 17.2 Å². The number of carbonyl (C=O) groups excluding carboxylic acids is 1. The summed E-state index contributed by atoms with van der Waals surface area (Å²) in [4.78, 5) is 18.6. The van der Waals surface area contributed by atoms with Gasteiger partial charge in [-0.2, -0.15) is 0 Å². The molecule has 1 amide bonds. The SMILES string of the molecule is Cc1cccc(OCc2nc(C(=O)N(C)Cc3ccccc3)cs2)c1. The van der Waals surface area contributed by atoms with Crippen molar-refractivity contribution in [1.29, 1.82) is 0 Å². The van der Waals surface area contributed by atoms with E-state index < -0.39 is 0 Å². The van der Waals surface area contributed by atoms with Crippen LogP contribution in [0.2, 0.25) is 0 Å². The predicted octanol–water partition coefficient (Wildman–Crippen LogP) is 4.30. The van der Waals surface area contributed by atoms with Gasteiger partial charge in [0, 0.05) is 19.0 Å². The van der Waals surface area contributed by atoms with Crippen LogP contribution in [-0.2, 0) is 13.2 Å². The summed E-state index contributed by atoms with van der Waals surface area (Å²) in [5, 5.41) is 2.58. The normalized spacial score (nSPS) is 10.5. The minimum atomic E-state index is -0.0816. The molecule has 3 rings (SSSR count). The highest BCUT2D eigenvalue weighted by atomic mass is 32.1. The molecule has 1 heterocycles. The van der Waals surface area contributed by atoms with Crippen LogP contribution in [0.4, 0.5) is 0 Å². The van der Waals surface area contributed by atoms with Crippen molar-refractivity contribution in [2.24, 2.45) is 0 Å². The standard InChI is InChI=1S/C20H20N2O2S/c1-15-7-6-10-17(11-15)24-13-19-21-18(14-25-19)20(23)22(2)12-16-8-4-3-5-9-16/h3-11,14H,12-13H2,1-2H3. The zero-order valence-electron chi connectivity index (χ0n) is 14.3. The number of aromatic nitrogens is 1. The van der Waals surface area contributed by atoms with E-state index in [0.29, 0.717) is 18.8 Å². The van der Waals surface area contributed by atoms with Crippen molar-refractivity contribution in [3.63, 3.8) is 0 Å². The quantitative estimate of drug-likeness (QED) is 0.664. The van der Waals surface area contributed by atoms with Crippen LogP contribution in [0.1, 0.15) is 26.6 Å². The average molecular weight is 352 g/mol. The minimum absolute atomic E-state index is 0.0816. The Morgan fingerprint density at radius 2 is 1.96 bits per heavy atom. The Labute approximate surface area is 151 Å². The summed E-state index contributed by atoms with van der Waals surface area (Å²) in [5.41, 5.74) is 2.71. The van der Waals surface area contributed by atoms with Crippen LogP contribution >= 0.6 is 11.3 Å². The molecular formula is C20H20N2O2S. The van der Waals surface area contributed by atoms with E-state index in [4.69, 9.17) is 4.74 Å². The second-order valence-electron chi connectivity index (χ2n) is 5.88. The lowest BCUT2D eigenvalue weighted by Crippen LogP contribution is -2.26. The van der Waals surface area contributed by atoms with E-state index in [1.165, 1.54) is 11.3 Å². The number of nitrogens with zero attached hydrogens (tertiary/aromatic N) is 2. The first kappa shape index (κ1) is 17.2. The largest absolute Gasteiger partial charge is 0.486 e. The van der Waals surface area contributed by atoms with Gasteiger partial charge >= 0.3 is 0 Å². The van der Waals surface area contributed by atoms with Gasteiger partial charge < -0.3 is 9.64 Å². The van der Waals surface area contributed by atoms with Gasteiger partial charge in [0.2, 0.25) is 0 Å². The van der Waals surface area contributed by atoms with Gasteiger partial charge in [0.05, 0.1) is 0 Å². The Hall–Kier alpha value is -2.66. The number of ether oxygens (including phenoxy) is 1. The highest BCUT2D eigenvalue weighted by molar-refractivity contribution is 7.09. The van der Waals surface area contributed by atoms with Crippen molar-refractivity contribution in [3.05, 3.63) is 81.8 Å². The highest BCUT2D eigenvalue weighted by Gasteiger charge is 2.16. The third kappa shape index (κ3) is 4.67. The number of rotatable bonds is 6. The second-order valence-corrected chi connectivity index (χ2v) is 6.82. The van der Waals surface area contributed by atoms with E-state index in [-0.39, 0.29) is 5.91 Å². The molecule has 0 aliphatic carbocycles. The van der Waals surface area contributed by atoms with Crippen molar-refractivity contribution in [1.82, 2.24) is 9.88 Å². The van der Waals surface area contributed by atoms with E-state index in [0.717, 1.165) is 21.9 Å². The first-order valence-corrected chi connectivity index (χ1v) is 8.93. The smallest absolute Gasteiger partial charge is 0.273 e. The van der Waals surface area contributed by atoms with Crippen molar-refractivity contribution < 1.29 is 9.53 Å². The van der Waals surface area contributed by atoms with Crippen molar-refractivity contribution in [2.75, 3.05) is 7.05 Å². The molecule has 25 heavy (non-hydrogen) atoms. The fourth-order valence-electron chi connectivity index (χ4n) is 2.45. The highest BCUT2D eigenvalue weighted by Crippen LogP contribution is 2.17. The summed E-state index contributed by atoms with van der Waals surface area (Å²) in [6, 6.07) is 17.8. The van der Waals surface area contributed by atoms with E-state index in [9.17, 15) is 4.79 Å². The Morgan fingerprint density at radius 1 is 1.16 bits per heavy atom. The summed E-state index contributed by atoms with van der Waals surface area (Å²) in [6.45, 7) is 2.95. The summed E-state index contributed by atoms with van der Waals surface area (Å²) < 4.78 is 5.75. The van der Waals surface area contributed by atoms with Gasteiger partial charge in [-0.25, -0.2) is 4.98 Å². The minimum Gasteiger partial charge on any atom is -0.486 e. The molecule has 0 spiro atoms. The Kier molecular flexibility index (Phi) is 5.46. The molecule has 1 aromatic heterocycles. The number of benzene rings is 2. The number of hydrogen-bond donors (Lipinski definition) is 0. The van der Waals surface area contributed by atoms with E-state index >= 15 is 0 Å². The maximum absolute atomic E-state index is 12.5. The van der Waals surface area contributed by atoms with Crippen LogP contribution in [0.15, 0.2) is 60.0 Å². The Balaban J connectivity index is 1.59. The number of aryl methyl sites for hydroxylation is 1. The van der Waals surface area contributed by atoms with Gasteiger partial charge in [-0.1, -0.05) is 42.5 Å².